The van der Waals surface area contributed by atoms with Crippen LogP contribution in [0.4, 0.5) is 0 Å². The molecular weight excluding hydrogens is 300 g/mol. The summed E-state index contributed by atoms with van der Waals surface area (Å²) in [5, 5.41) is 10.8. The lowest BCUT2D eigenvalue weighted by atomic mass is 10.1. The molecule has 0 radical (unpaired) electrons. The zero-order valence-corrected chi connectivity index (χ0v) is 14.2. The number of H-pyrrole nitrogens is 1. The smallest absolute Gasteiger partial charge is 0.172 e. The summed E-state index contributed by atoms with van der Waals surface area (Å²) in [6.45, 7) is 4.68. The molecule has 0 saturated heterocycles. The Kier molecular flexibility index (Phi) is 4.91. The van der Waals surface area contributed by atoms with Crippen LogP contribution < -0.4 is 10.1 Å². The Hall–Kier alpha value is -2.66. The fraction of sp³-hybridized carbons (Fsp3) is 0.263. The first-order chi connectivity index (χ1) is 11.7. The van der Waals surface area contributed by atoms with E-state index in [1.807, 2.05) is 31.2 Å². The number of aromatic amines is 1. The monoisotopic (exact) mass is 322 g/mol. The first-order valence-corrected chi connectivity index (χ1v) is 7.98. The van der Waals surface area contributed by atoms with Gasteiger partial charge in [-0.2, -0.15) is 5.10 Å². The molecule has 0 aliphatic heterocycles. The highest BCUT2D eigenvalue weighted by atomic mass is 16.5. The van der Waals surface area contributed by atoms with Crippen molar-refractivity contribution in [3.05, 3.63) is 76.9 Å². The molecule has 124 valence electrons. The van der Waals surface area contributed by atoms with Gasteiger partial charge in [-0.1, -0.05) is 42.5 Å². The molecule has 0 aliphatic rings. The minimum atomic E-state index is -0.0569. The Morgan fingerprint density at radius 3 is 2.54 bits per heavy atom. The molecule has 1 unspecified atom stereocenters. The Morgan fingerprint density at radius 1 is 1.12 bits per heavy atom. The van der Waals surface area contributed by atoms with Gasteiger partial charge in [0.25, 0.3) is 0 Å². The lowest BCUT2D eigenvalue weighted by Gasteiger charge is -2.17. The Bertz CT molecular complexity index is 798. The molecule has 0 saturated carbocycles. The summed E-state index contributed by atoms with van der Waals surface area (Å²) in [6.07, 6.45) is 0. The van der Waals surface area contributed by atoms with E-state index in [1.165, 1.54) is 5.56 Å². The standard InChI is InChI=1S/C19H22N4O/c1-13-11-15(9-10-17(13)24-3)12-20-18(16-7-5-4-6-8-16)19-21-14(2)22-23-19/h4-11,18,20H,12H2,1-3H3,(H,21,22,23). The van der Waals surface area contributed by atoms with Gasteiger partial charge in [0.15, 0.2) is 5.82 Å². The lowest BCUT2D eigenvalue weighted by molar-refractivity contribution is 0.411. The summed E-state index contributed by atoms with van der Waals surface area (Å²) in [4.78, 5) is 4.50. The predicted octanol–water partition coefficient (Wildman–Crippen LogP) is 3.31. The van der Waals surface area contributed by atoms with Gasteiger partial charge in [-0.3, -0.25) is 10.4 Å². The summed E-state index contributed by atoms with van der Waals surface area (Å²) < 4.78 is 5.32. The number of nitrogens with one attached hydrogen (secondary N) is 2. The molecule has 5 heteroatoms. The van der Waals surface area contributed by atoms with Crippen molar-refractivity contribution in [2.75, 3.05) is 7.11 Å². The van der Waals surface area contributed by atoms with Gasteiger partial charge in [0.2, 0.25) is 0 Å². The van der Waals surface area contributed by atoms with Crippen LogP contribution in [0.3, 0.4) is 0 Å². The van der Waals surface area contributed by atoms with Gasteiger partial charge in [-0.05, 0) is 36.6 Å². The molecule has 2 N–H and O–H groups in total. The van der Waals surface area contributed by atoms with Crippen LogP contribution in [0.5, 0.6) is 5.75 Å². The minimum Gasteiger partial charge on any atom is -0.496 e. The summed E-state index contributed by atoms with van der Waals surface area (Å²) >= 11 is 0. The SMILES string of the molecule is COc1ccc(CNC(c2ccccc2)c2n[nH]c(C)n2)cc1C. The molecule has 3 rings (SSSR count). The molecule has 0 spiro atoms. The van der Waals surface area contributed by atoms with E-state index in [4.69, 9.17) is 4.74 Å². The second-order valence-electron chi connectivity index (χ2n) is 5.81. The van der Waals surface area contributed by atoms with Crippen LogP contribution in [0, 0.1) is 13.8 Å². The third-order valence-corrected chi connectivity index (χ3v) is 3.98. The van der Waals surface area contributed by atoms with E-state index < -0.39 is 0 Å². The predicted molar refractivity (Wildman–Crippen MR) is 94.0 cm³/mol. The lowest BCUT2D eigenvalue weighted by Crippen LogP contribution is -2.23. The van der Waals surface area contributed by atoms with E-state index in [-0.39, 0.29) is 6.04 Å². The number of aryl methyl sites for hydroxylation is 2. The highest BCUT2D eigenvalue weighted by molar-refractivity contribution is 5.36. The van der Waals surface area contributed by atoms with Crippen molar-refractivity contribution in [2.24, 2.45) is 0 Å². The summed E-state index contributed by atoms with van der Waals surface area (Å²) in [5.74, 6) is 2.47. The van der Waals surface area contributed by atoms with Crippen molar-refractivity contribution in [3.63, 3.8) is 0 Å². The molecule has 5 nitrogen and oxygen atoms in total. The molecule has 0 amide bonds. The van der Waals surface area contributed by atoms with E-state index in [0.717, 1.165) is 35.1 Å². The molecule has 2 aromatic carbocycles. The van der Waals surface area contributed by atoms with Gasteiger partial charge in [-0.15, -0.1) is 0 Å². The average Bonchev–Trinajstić information content (AvgIpc) is 3.02. The number of benzene rings is 2. The zero-order valence-electron chi connectivity index (χ0n) is 14.2. The number of nitrogens with zero attached hydrogens (tertiary/aromatic N) is 2. The fourth-order valence-corrected chi connectivity index (χ4v) is 2.76. The topological polar surface area (TPSA) is 62.8 Å². The van der Waals surface area contributed by atoms with Gasteiger partial charge < -0.3 is 4.74 Å². The van der Waals surface area contributed by atoms with Gasteiger partial charge >= 0.3 is 0 Å². The summed E-state index contributed by atoms with van der Waals surface area (Å²) in [7, 11) is 1.69. The molecule has 0 fully saturated rings. The molecule has 1 heterocycles. The van der Waals surface area contributed by atoms with Crippen molar-refractivity contribution >= 4 is 0 Å². The number of hydrogen-bond acceptors (Lipinski definition) is 4. The van der Waals surface area contributed by atoms with Gasteiger partial charge in [0.05, 0.1) is 13.2 Å². The number of methoxy groups -OCH3 is 1. The van der Waals surface area contributed by atoms with Crippen molar-refractivity contribution in [1.82, 2.24) is 20.5 Å². The molecule has 24 heavy (non-hydrogen) atoms. The van der Waals surface area contributed by atoms with Crippen LogP contribution in [0.15, 0.2) is 48.5 Å². The molecule has 1 atom stereocenters. The van der Waals surface area contributed by atoms with E-state index in [0.29, 0.717) is 0 Å². The molecular formula is C19H22N4O. The number of ether oxygens (including phenoxy) is 1. The fourth-order valence-electron chi connectivity index (χ4n) is 2.76. The Morgan fingerprint density at radius 2 is 1.92 bits per heavy atom. The van der Waals surface area contributed by atoms with Gasteiger partial charge in [0.1, 0.15) is 11.6 Å². The van der Waals surface area contributed by atoms with Crippen LogP contribution in [-0.4, -0.2) is 22.3 Å². The van der Waals surface area contributed by atoms with E-state index in [1.54, 1.807) is 7.11 Å². The first kappa shape index (κ1) is 16.2. The van der Waals surface area contributed by atoms with Crippen LogP contribution in [-0.2, 0) is 6.54 Å². The largest absolute Gasteiger partial charge is 0.496 e. The first-order valence-electron chi connectivity index (χ1n) is 7.98. The molecule has 0 aliphatic carbocycles. The quantitative estimate of drug-likeness (QED) is 0.731. The third kappa shape index (κ3) is 3.63. The Labute approximate surface area is 142 Å². The van der Waals surface area contributed by atoms with Crippen molar-refractivity contribution in [3.8, 4) is 5.75 Å². The van der Waals surface area contributed by atoms with Gasteiger partial charge in [0, 0.05) is 6.54 Å². The third-order valence-electron chi connectivity index (χ3n) is 3.98. The summed E-state index contributed by atoms with van der Waals surface area (Å²) in [5.41, 5.74) is 3.46. The normalized spacial score (nSPS) is 12.1. The number of rotatable bonds is 6. The highest BCUT2D eigenvalue weighted by Gasteiger charge is 2.18. The minimum absolute atomic E-state index is 0.0569. The van der Waals surface area contributed by atoms with Crippen LogP contribution >= 0.6 is 0 Å². The number of hydrogen-bond donors (Lipinski definition) is 2. The maximum Gasteiger partial charge on any atom is 0.172 e. The van der Waals surface area contributed by atoms with E-state index in [2.05, 4.69) is 51.7 Å². The van der Waals surface area contributed by atoms with E-state index in [9.17, 15) is 0 Å². The van der Waals surface area contributed by atoms with Gasteiger partial charge in [-0.25, -0.2) is 4.98 Å². The maximum atomic E-state index is 5.32. The number of aromatic nitrogens is 3. The highest BCUT2D eigenvalue weighted by Crippen LogP contribution is 2.21. The van der Waals surface area contributed by atoms with Crippen LogP contribution in [0.2, 0.25) is 0 Å². The van der Waals surface area contributed by atoms with Crippen LogP contribution in [0.1, 0.15) is 34.4 Å². The summed E-state index contributed by atoms with van der Waals surface area (Å²) in [6, 6.07) is 16.4. The van der Waals surface area contributed by atoms with Crippen molar-refractivity contribution in [2.45, 2.75) is 26.4 Å². The average molecular weight is 322 g/mol. The maximum absolute atomic E-state index is 5.32. The van der Waals surface area contributed by atoms with Crippen LogP contribution in [0.25, 0.3) is 0 Å². The van der Waals surface area contributed by atoms with Crippen molar-refractivity contribution < 1.29 is 4.74 Å². The zero-order chi connectivity index (χ0) is 16.9. The second-order valence-corrected chi connectivity index (χ2v) is 5.81. The Balaban J connectivity index is 1.81. The molecule has 3 aromatic rings. The van der Waals surface area contributed by atoms with Crippen molar-refractivity contribution in [1.29, 1.82) is 0 Å². The van der Waals surface area contributed by atoms with E-state index >= 15 is 0 Å². The molecule has 1 aromatic heterocycles. The second kappa shape index (κ2) is 7.27. The molecule has 0 bridgehead atoms.